The van der Waals surface area contributed by atoms with Crippen LogP contribution in [0.25, 0.3) is 0 Å². The Morgan fingerprint density at radius 3 is 2.70 bits per heavy atom. The van der Waals surface area contributed by atoms with Crippen molar-refractivity contribution in [2.45, 2.75) is 25.0 Å². The molecule has 2 N–H and O–H groups in total. The Balaban J connectivity index is 1.45. The summed E-state index contributed by atoms with van der Waals surface area (Å²) in [5.41, 5.74) is 0.906. The highest BCUT2D eigenvalue weighted by Gasteiger charge is 2.42. The number of aromatic nitrogens is 1. The average Bonchev–Trinajstić information content (AvgIpc) is 3.05. The molecule has 142 valence electrons. The van der Waals surface area contributed by atoms with E-state index in [0.29, 0.717) is 29.0 Å². The van der Waals surface area contributed by atoms with E-state index in [1.54, 1.807) is 18.2 Å². The number of fused-ring (bicyclic) bond motifs is 1. The van der Waals surface area contributed by atoms with E-state index in [0.717, 1.165) is 25.2 Å². The molecular weight excluding hydrogens is 368 g/mol. The van der Waals surface area contributed by atoms with Crippen LogP contribution in [0.1, 0.15) is 23.3 Å². The number of aliphatic hydroxyl groups is 1. The molecule has 1 aromatic heterocycles. The fourth-order valence-corrected chi connectivity index (χ4v) is 4.36. The van der Waals surface area contributed by atoms with Gasteiger partial charge in [-0.15, -0.1) is 0 Å². The molecule has 6 nitrogen and oxygen atoms in total. The molecule has 2 aliphatic rings. The number of carboxylic acids is 1. The Bertz CT molecular complexity index is 846. The first-order valence-corrected chi connectivity index (χ1v) is 9.42. The Kier molecular flexibility index (Phi) is 4.93. The fourth-order valence-electron chi connectivity index (χ4n) is 4.18. The average molecular weight is 389 g/mol. The van der Waals surface area contributed by atoms with E-state index >= 15 is 0 Å². The van der Waals surface area contributed by atoms with Crippen molar-refractivity contribution in [3.63, 3.8) is 0 Å². The zero-order chi connectivity index (χ0) is 19.0. The number of anilines is 1. The van der Waals surface area contributed by atoms with Crippen LogP contribution in [0.5, 0.6) is 5.75 Å². The van der Waals surface area contributed by atoms with Gasteiger partial charge in [-0.1, -0.05) is 17.7 Å². The standard InChI is InChI=1S/C20H21ClN2O4/c21-14-2-1-3-16(8-14)27-19-7-13-11-23(10-12(13)6-18(19)24)15-4-5-22-17(9-15)20(25)26/h1-5,8-9,12-13,18-19,24H,6-7,10-11H2,(H,25,26)/t12-,13+,18+,19+/m0/s1. The molecule has 1 aliphatic carbocycles. The normalized spacial score (nSPS) is 27.3. The highest BCUT2D eigenvalue weighted by molar-refractivity contribution is 6.30. The second-order valence-corrected chi connectivity index (χ2v) is 7.72. The lowest BCUT2D eigenvalue weighted by Gasteiger charge is -2.35. The second kappa shape index (κ2) is 7.37. The molecule has 1 aliphatic heterocycles. The molecule has 1 aromatic carbocycles. The van der Waals surface area contributed by atoms with Crippen molar-refractivity contribution in [2.75, 3.05) is 18.0 Å². The van der Waals surface area contributed by atoms with Crippen LogP contribution in [0, 0.1) is 11.8 Å². The quantitative estimate of drug-likeness (QED) is 0.837. The van der Waals surface area contributed by atoms with Gasteiger partial charge in [-0.25, -0.2) is 9.78 Å². The van der Waals surface area contributed by atoms with E-state index in [-0.39, 0.29) is 11.8 Å². The van der Waals surface area contributed by atoms with E-state index in [9.17, 15) is 9.90 Å². The molecule has 2 fully saturated rings. The molecule has 2 heterocycles. The third-order valence-electron chi connectivity index (χ3n) is 5.50. The number of aromatic carboxylic acids is 1. The van der Waals surface area contributed by atoms with Gasteiger partial charge >= 0.3 is 5.97 Å². The molecule has 0 radical (unpaired) electrons. The van der Waals surface area contributed by atoms with Crippen molar-refractivity contribution >= 4 is 23.3 Å². The van der Waals surface area contributed by atoms with Gasteiger partial charge in [-0.3, -0.25) is 0 Å². The summed E-state index contributed by atoms with van der Waals surface area (Å²) in [6.07, 6.45) is 2.16. The summed E-state index contributed by atoms with van der Waals surface area (Å²) in [6, 6.07) is 10.7. The molecule has 0 bridgehead atoms. The lowest BCUT2D eigenvalue weighted by molar-refractivity contribution is -0.0231. The highest BCUT2D eigenvalue weighted by atomic mass is 35.5. The zero-order valence-electron chi connectivity index (χ0n) is 14.7. The molecule has 0 amide bonds. The van der Waals surface area contributed by atoms with Gasteiger partial charge in [-0.2, -0.15) is 0 Å². The number of aliphatic hydroxyl groups excluding tert-OH is 1. The second-order valence-electron chi connectivity index (χ2n) is 7.28. The molecule has 1 saturated carbocycles. The van der Waals surface area contributed by atoms with Crippen molar-refractivity contribution < 1.29 is 19.7 Å². The maximum atomic E-state index is 11.2. The molecule has 1 saturated heterocycles. The van der Waals surface area contributed by atoms with E-state index < -0.39 is 12.1 Å². The van der Waals surface area contributed by atoms with Gasteiger partial charge in [-0.05, 0) is 55.0 Å². The van der Waals surface area contributed by atoms with Gasteiger partial charge in [0.05, 0.1) is 6.10 Å². The van der Waals surface area contributed by atoms with E-state index in [1.807, 2.05) is 18.2 Å². The molecule has 4 atom stereocenters. The molecule has 0 unspecified atom stereocenters. The van der Waals surface area contributed by atoms with Crippen LogP contribution in [0.15, 0.2) is 42.6 Å². The Hall–Kier alpha value is -2.31. The van der Waals surface area contributed by atoms with Crippen LogP contribution in [0.3, 0.4) is 0 Å². The minimum Gasteiger partial charge on any atom is -0.488 e. The van der Waals surface area contributed by atoms with Crippen molar-refractivity contribution in [3.8, 4) is 5.75 Å². The third kappa shape index (κ3) is 3.87. The largest absolute Gasteiger partial charge is 0.488 e. The van der Waals surface area contributed by atoms with Gasteiger partial charge in [0.15, 0.2) is 0 Å². The zero-order valence-corrected chi connectivity index (χ0v) is 15.4. The highest BCUT2D eigenvalue weighted by Crippen LogP contribution is 2.39. The lowest BCUT2D eigenvalue weighted by Crippen LogP contribution is -2.42. The molecule has 2 aromatic rings. The van der Waals surface area contributed by atoms with Gasteiger partial charge in [0.2, 0.25) is 0 Å². The Morgan fingerprint density at radius 1 is 1.19 bits per heavy atom. The number of nitrogens with zero attached hydrogens (tertiary/aromatic N) is 2. The molecule has 0 spiro atoms. The SMILES string of the molecule is O=C(O)c1cc(N2C[C@H]3C[C@@H](Oc4cccc(Cl)c4)[C@H](O)C[C@H]3C2)ccn1. The topological polar surface area (TPSA) is 82.9 Å². The van der Waals surface area contributed by atoms with Crippen LogP contribution in [-0.2, 0) is 0 Å². The fraction of sp³-hybridized carbons (Fsp3) is 0.400. The minimum absolute atomic E-state index is 0.0459. The summed E-state index contributed by atoms with van der Waals surface area (Å²) in [7, 11) is 0. The van der Waals surface area contributed by atoms with Crippen molar-refractivity contribution in [1.29, 1.82) is 0 Å². The van der Waals surface area contributed by atoms with Crippen LogP contribution in [0.2, 0.25) is 5.02 Å². The van der Waals surface area contributed by atoms with E-state index in [4.69, 9.17) is 21.4 Å². The van der Waals surface area contributed by atoms with E-state index in [1.165, 1.54) is 6.20 Å². The number of benzene rings is 1. The molecule has 27 heavy (non-hydrogen) atoms. The third-order valence-corrected chi connectivity index (χ3v) is 5.73. The Labute approximate surface area is 162 Å². The van der Waals surface area contributed by atoms with E-state index in [2.05, 4.69) is 9.88 Å². The molecule has 4 rings (SSSR count). The number of hydrogen-bond acceptors (Lipinski definition) is 5. The number of pyridine rings is 1. The first-order valence-electron chi connectivity index (χ1n) is 9.04. The summed E-state index contributed by atoms with van der Waals surface area (Å²) >= 11 is 6.01. The number of rotatable bonds is 4. The predicted octanol–water partition coefficient (Wildman–Crippen LogP) is 3.09. The number of halogens is 1. The first-order chi connectivity index (χ1) is 13.0. The smallest absolute Gasteiger partial charge is 0.354 e. The number of ether oxygens (including phenoxy) is 1. The Morgan fingerprint density at radius 2 is 1.96 bits per heavy atom. The van der Waals surface area contributed by atoms with Gasteiger partial charge in [0.1, 0.15) is 17.5 Å². The molecule has 7 heteroatoms. The molecular formula is C20H21ClN2O4. The predicted molar refractivity (Wildman–Crippen MR) is 101 cm³/mol. The maximum absolute atomic E-state index is 11.2. The summed E-state index contributed by atoms with van der Waals surface area (Å²) in [5, 5.41) is 20.3. The summed E-state index contributed by atoms with van der Waals surface area (Å²) < 4.78 is 6.01. The summed E-state index contributed by atoms with van der Waals surface area (Å²) in [5.74, 6) is 0.388. The number of carboxylic acid groups (broad SMARTS) is 1. The summed E-state index contributed by atoms with van der Waals surface area (Å²) in [4.78, 5) is 17.2. The van der Waals surface area contributed by atoms with Crippen LogP contribution < -0.4 is 9.64 Å². The maximum Gasteiger partial charge on any atom is 0.354 e. The van der Waals surface area contributed by atoms with Gasteiger partial charge in [0, 0.05) is 30.0 Å². The van der Waals surface area contributed by atoms with Crippen LogP contribution in [0.4, 0.5) is 5.69 Å². The number of carbonyl (C=O) groups is 1. The summed E-state index contributed by atoms with van der Waals surface area (Å²) in [6.45, 7) is 1.62. The van der Waals surface area contributed by atoms with Crippen molar-refractivity contribution in [2.24, 2.45) is 11.8 Å². The van der Waals surface area contributed by atoms with Crippen molar-refractivity contribution in [1.82, 2.24) is 4.98 Å². The van der Waals surface area contributed by atoms with Crippen molar-refractivity contribution in [3.05, 3.63) is 53.3 Å². The minimum atomic E-state index is -1.03. The van der Waals surface area contributed by atoms with Crippen LogP contribution >= 0.6 is 11.6 Å². The van der Waals surface area contributed by atoms with Gasteiger partial charge in [0.25, 0.3) is 0 Å². The monoisotopic (exact) mass is 388 g/mol. The van der Waals surface area contributed by atoms with Gasteiger partial charge < -0.3 is 19.8 Å². The first kappa shape index (κ1) is 18.1. The van der Waals surface area contributed by atoms with Crippen LogP contribution in [-0.4, -0.2) is 46.5 Å². The lowest BCUT2D eigenvalue weighted by atomic mass is 9.78. The number of hydrogen-bond donors (Lipinski definition) is 2.